The number of aromatic nitrogens is 2. The van der Waals surface area contributed by atoms with Gasteiger partial charge >= 0.3 is 0 Å². The zero-order chi connectivity index (χ0) is 17.3. The second-order valence-corrected chi connectivity index (χ2v) is 6.19. The van der Waals surface area contributed by atoms with Gasteiger partial charge in [0.05, 0.1) is 5.54 Å². The summed E-state index contributed by atoms with van der Waals surface area (Å²) in [6.07, 6.45) is 2.82. The Balaban J connectivity index is 1.70. The first-order valence-electron chi connectivity index (χ1n) is 8.28. The molecule has 1 N–H and O–H groups in total. The Morgan fingerprint density at radius 3 is 2.56 bits per heavy atom. The summed E-state index contributed by atoms with van der Waals surface area (Å²) in [7, 11) is 0. The maximum absolute atomic E-state index is 14.6. The first-order chi connectivity index (χ1) is 12.2. The zero-order valence-corrected chi connectivity index (χ0v) is 13.6. The van der Waals surface area contributed by atoms with Gasteiger partial charge in [-0.1, -0.05) is 36.4 Å². The number of carbonyl (C=O) groups excluding carboxylic acids is 1. The van der Waals surface area contributed by atoms with E-state index in [1.165, 1.54) is 4.40 Å². The van der Waals surface area contributed by atoms with Gasteiger partial charge in [-0.15, -0.1) is 0 Å². The van der Waals surface area contributed by atoms with E-state index >= 15 is 0 Å². The molecule has 1 saturated heterocycles. The summed E-state index contributed by atoms with van der Waals surface area (Å²) in [5.74, 6) is -1.16. The minimum Gasteiger partial charge on any atom is -0.381 e. The Kier molecular flexibility index (Phi) is 3.97. The Labute approximate surface area is 144 Å². The topological polar surface area (TPSA) is 55.6 Å². The molecule has 1 fully saturated rings. The van der Waals surface area contributed by atoms with Gasteiger partial charge in [-0.25, -0.2) is 4.98 Å². The van der Waals surface area contributed by atoms with Crippen LogP contribution in [0.2, 0.25) is 0 Å². The lowest BCUT2D eigenvalue weighted by molar-refractivity contribution is 0.0343. The van der Waals surface area contributed by atoms with Gasteiger partial charge in [0.1, 0.15) is 5.65 Å². The van der Waals surface area contributed by atoms with E-state index in [-0.39, 0.29) is 5.69 Å². The van der Waals surface area contributed by atoms with Crippen molar-refractivity contribution < 1.29 is 13.9 Å². The number of amides is 1. The van der Waals surface area contributed by atoms with Gasteiger partial charge in [0.2, 0.25) is 5.95 Å². The standard InChI is InChI=1S/C19H18FN3O2/c20-17-16(21-15-8-4-5-11-23(15)17)18(24)22-19(9-12-25-13-10-19)14-6-2-1-3-7-14/h1-8,11H,9-10,12-13H2,(H,22,24). The fraction of sp³-hybridized carbons (Fsp3) is 0.263. The molecule has 25 heavy (non-hydrogen) atoms. The van der Waals surface area contributed by atoms with E-state index in [9.17, 15) is 9.18 Å². The minimum atomic E-state index is -0.650. The number of halogens is 1. The second-order valence-electron chi connectivity index (χ2n) is 6.19. The van der Waals surface area contributed by atoms with Gasteiger partial charge in [0.25, 0.3) is 5.91 Å². The number of rotatable bonds is 3. The normalized spacial score (nSPS) is 16.7. The molecular weight excluding hydrogens is 321 g/mol. The summed E-state index contributed by atoms with van der Waals surface area (Å²) in [6.45, 7) is 1.09. The summed E-state index contributed by atoms with van der Waals surface area (Å²) < 4.78 is 21.3. The highest BCUT2D eigenvalue weighted by molar-refractivity contribution is 5.93. The highest BCUT2D eigenvalue weighted by Crippen LogP contribution is 2.32. The maximum atomic E-state index is 14.6. The quantitative estimate of drug-likeness (QED) is 0.798. The molecule has 1 aliphatic rings. The molecule has 3 aromatic rings. The van der Waals surface area contributed by atoms with Gasteiger partial charge in [-0.05, 0) is 30.5 Å². The van der Waals surface area contributed by atoms with Gasteiger partial charge in [0.15, 0.2) is 5.69 Å². The number of fused-ring (bicyclic) bond motifs is 1. The van der Waals surface area contributed by atoms with E-state index < -0.39 is 17.4 Å². The highest BCUT2D eigenvalue weighted by atomic mass is 19.1. The molecule has 0 aliphatic carbocycles. The molecular formula is C19H18FN3O2. The third-order valence-electron chi connectivity index (χ3n) is 4.71. The highest BCUT2D eigenvalue weighted by Gasteiger charge is 2.37. The molecule has 2 aromatic heterocycles. The lowest BCUT2D eigenvalue weighted by atomic mass is 9.82. The molecule has 1 aromatic carbocycles. The van der Waals surface area contributed by atoms with Crippen molar-refractivity contribution in [1.82, 2.24) is 14.7 Å². The predicted molar refractivity (Wildman–Crippen MR) is 90.8 cm³/mol. The van der Waals surface area contributed by atoms with Gasteiger partial charge in [-0.3, -0.25) is 9.20 Å². The van der Waals surface area contributed by atoms with Crippen LogP contribution in [0.4, 0.5) is 4.39 Å². The van der Waals surface area contributed by atoms with Crippen molar-refractivity contribution in [2.45, 2.75) is 18.4 Å². The molecule has 1 aliphatic heterocycles. The Morgan fingerprint density at radius 2 is 1.84 bits per heavy atom. The summed E-state index contributed by atoms with van der Waals surface area (Å²) >= 11 is 0. The number of pyridine rings is 1. The summed E-state index contributed by atoms with van der Waals surface area (Å²) in [4.78, 5) is 17.0. The van der Waals surface area contributed by atoms with Crippen LogP contribution in [0, 0.1) is 5.95 Å². The average Bonchev–Trinajstić information content (AvgIpc) is 3.00. The van der Waals surface area contributed by atoms with E-state index in [1.54, 1.807) is 24.4 Å². The van der Waals surface area contributed by atoms with Crippen LogP contribution in [0.1, 0.15) is 28.9 Å². The minimum absolute atomic E-state index is 0.187. The van der Waals surface area contributed by atoms with Crippen molar-refractivity contribution in [2.24, 2.45) is 0 Å². The van der Waals surface area contributed by atoms with E-state index in [1.807, 2.05) is 30.3 Å². The number of nitrogens with one attached hydrogen (secondary N) is 1. The third-order valence-corrected chi connectivity index (χ3v) is 4.71. The first kappa shape index (κ1) is 15.8. The number of benzene rings is 1. The van der Waals surface area contributed by atoms with E-state index in [0.29, 0.717) is 31.7 Å². The van der Waals surface area contributed by atoms with Crippen molar-refractivity contribution in [3.8, 4) is 0 Å². The van der Waals surface area contributed by atoms with Crippen LogP contribution in [-0.2, 0) is 10.3 Å². The molecule has 6 heteroatoms. The van der Waals surface area contributed by atoms with Gasteiger partial charge < -0.3 is 10.1 Å². The van der Waals surface area contributed by atoms with Crippen LogP contribution >= 0.6 is 0 Å². The largest absolute Gasteiger partial charge is 0.381 e. The van der Waals surface area contributed by atoms with E-state index in [0.717, 1.165) is 5.56 Å². The summed E-state index contributed by atoms with van der Waals surface area (Å²) in [5.41, 5.74) is 0.647. The molecule has 3 heterocycles. The molecule has 0 bridgehead atoms. The molecule has 0 unspecified atom stereocenters. The molecule has 0 radical (unpaired) electrons. The zero-order valence-electron chi connectivity index (χ0n) is 13.6. The number of nitrogens with zero attached hydrogens (tertiary/aromatic N) is 2. The van der Waals surface area contributed by atoms with Crippen molar-refractivity contribution in [1.29, 1.82) is 0 Å². The molecule has 0 saturated carbocycles. The Hall–Kier alpha value is -2.73. The smallest absolute Gasteiger partial charge is 0.275 e. The first-order valence-corrected chi connectivity index (χ1v) is 8.28. The van der Waals surface area contributed by atoms with Crippen LogP contribution in [0.25, 0.3) is 5.65 Å². The molecule has 1 amide bonds. The second kappa shape index (κ2) is 6.29. The maximum Gasteiger partial charge on any atom is 0.275 e. The number of imidazole rings is 1. The SMILES string of the molecule is O=C(NC1(c2ccccc2)CCOCC1)c1nc2ccccn2c1F. The number of hydrogen-bond donors (Lipinski definition) is 1. The fourth-order valence-electron chi connectivity index (χ4n) is 3.35. The van der Waals surface area contributed by atoms with Crippen molar-refractivity contribution in [2.75, 3.05) is 13.2 Å². The Morgan fingerprint density at radius 1 is 1.12 bits per heavy atom. The molecule has 5 nitrogen and oxygen atoms in total. The van der Waals surface area contributed by atoms with Crippen molar-refractivity contribution >= 4 is 11.6 Å². The molecule has 0 atom stereocenters. The lowest BCUT2D eigenvalue weighted by Crippen LogP contribution is -2.49. The molecule has 128 valence electrons. The monoisotopic (exact) mass is 339 g/mol. The van der Waals surface area contributed by atoms with Crippen LogP contribution in [0.3, 0.4) is 0 Å². The average molecular weight is 339 g/mol. The van der Waals surface area contributed by atoms with E-state index in [2.05, 4.69) is 10.3 Å². The Bertz CT molecular complexity index is 901. The number of ether oxygens (including phenoxy) is 1. The van der Waals surface area contributed by atoms with E-state index in [4.69, 9.17) is 4.74 Å². The molecule has 0 spiro atoms. The molecule has 4 rings (SSSR count). The van der Waals surface area contributed by atoms with Crippen LogP contribution in [0.15, 0.2) is 54.7 Å². The summed E-state index contributed by atoms with van der Waals surface area (Å²) in [5, 5.41) is 3.03. The predicted octanol–water partition coefficient (Wildman–Crippen LogP) is 2.91. The fourth-order valence-corrected chi connectivity index (χ4v) is 3.35. The number of carbonyl (C=O) groups is 1. The third kappa shape index (κ3) is 2.78. The van der Waals surface area contributed by atoms with Crippen LogP contribution in [0.5, 0.6) is 0 Å². The van der Waals surface area contributed by atoms with Crippen LogP contribution in [-0.4, -0.2) is 28.5 Å². The van der Waals surface area contributed by atoms with Crippen molar-refractivity contribution in [3.05, 3.63) is 71.9 Å². The van der Waals surface area contributed by atoms with Gasteiger partial charge in [0, 0.05) is 19.4 Å². The van der Waals surface area contributed by atoms with Gasteiger partial charge in [-0.2, -0.15) is 4.39 Å². The summed E-state index contributed by atoms with van der Waals surface area (Å²) in [6, 6.07) is 14.9. The van der Waals surface area contributed by atoms with Crippen LogP contribution < -0.4 is 5.32 Å². The number of hydrogen-bond acceptors (Lipinski definition) is 3. The van der Waals surface area contributed by atoms with Crippen molar-refractivity contribution in [3.63, 3.8) is 0 Å². The lowest BCUT2D eigenvalue weighted by Gasteiger charge is -2.38.